The smallest absolute Gasteiger partial charge is 0.329 e. The van der Waals surface area contributed by atoms with Crippen molar-refractivity contribution < 1.29 is 19.1 Å². The molecular formula is C21H29N3O4. The van der Waals surface area contributed by atoms with E-state index in [0.717, 1.165) is 5.56 Å². The molecular weight excluding hydrogens is 358 g/mol. The molecule has 1 aromatic rings. The van der Waals surface area contributed by atoms with E-state index in [1.165, 1.54) is 0 Å². The molecule has 152 valence electrons. The van der Waals surface area contributed by atoms with E-state index in [9.17, 15) is 19.6 Å². The molecule has 0 heterocycles. The maximum atomic E-state index is 12.4. The second-order valence-electron chi connectivity index (χ2n) is 7.58. The highest BCUT2D eigenvalue weighted by molar-refractivity contribution is 5.87. The molecule has 0 spiro atoms. The molecule has 1 aromatic carbocycles. The first-order valence-electron chi connectivity index (χ1n) is 9.31. The van der Waals surface area contributed by atoms with E-state index in [0.29, 0.717) is 0 Å². The van der Waals surface area contributed by atoms with Crippen molar-refractivity contribution in [1.29, 1.82) is 5.26 Å². The number of esters is 1. The minimum Gasteiger partial charge on any atom is -0.454 e. The molecule has 0 unspecified atom stereocenters. The van der Waals surface area contributed by atoms with Crippen molar-refractivity contribution in [3.8, 4) is 6.07 Å². The standard InChI is InChI=1S/C21H29N3O4/c1-14(2)19(23-17(25)11-16-9-7-6-8-10-16)20(27)28-12-18(26)24-21(5,13-22)15(3)4/h6-10,14-15,19H,11-12H2,1-5H3,(H,23,25)(H,24,26)/t19-,21-/m1/s1. The van der Waals surface area contributed by atoms with Crippen molar-refractivity contribution in [2.24, 2.45) is 11.8 Å². The van der Waals surface area contributed by atoms with E-state index in [1.54, 1.807) is 20.8 Å². The van der Waals surface area contributed by atoms with Gasteiger partial charge in [0.1, 0.15) is 11.6 Å². The van der Waals surface area contributed by atoms with Crippen LogP contribution >= 0.6 is 0 Å². The summed E-state index contributed by atoms with van der Waals surface area (Å²) in [5.74, 6) is -1.88. The number of hydrogen-bond donors (Lipinski definition) is 2. The Bertz CT molecular complexity index is 725. The van der Waals surface area contributed by atoms with Gasteiger partial charge in [0.25, 0.3) is 5.91 Å². The normalized spacial score (nSPS) is 13.9. The first-order valence-corrected chi connectivity index (χ1v) is 9.31. The van der Waals surface area contributed by atoms with Gasteiger partial charge in [-0.05, 0) is 24.3 Å². The zero-order chi connectivity index (χ0) is 21.3. The van der Waals surface area contributed by atoms with Crippen molar-refractivity contribution in [2.45, 2.75) is 52.6 Å². The van der Waals surface area contributed by atoms with E-state index in [-0.39, 0.29) is 24.2 Å². The number of benzene rings is 1. The SMILES string of the molecule is CC(C)[C@@H](NC(=O)Cc1ccccc1)C(=O)OCC(=O)N[C@](C)(C#N)C(C)C. The molecule has 2 N–H and O–H groups in total. The Kier molecular flexibility index (Phi) is 8.65. The number of hydrogen-bond acceptors (Lipinski definition) is 5. The van der Waals surface area contributed by atoms with Crippen LogP contribution < -0.4 is 10.6 Å². The molecule has 0 saturated heterocycles. The molecule has 0 radical (unpaired) electrons. The molecule has 7 nitrogen and oxygen atoms in total. The molecule has 0 fully saturated rings. The van der Waals surface area contributed by atoms with Crippen LogP contribution in [0.3, 0.4) is 0 Å². The summed E-state index contributed by atoms with van der Waals surface area (Å²) in [5, 5.41) is 14.5. The van der Waals surface area contributed by atoms with Gasteiger partial charge in [-0.3, -0.25) is 9.59 Å². The number of nitriles is 1. The highest BCUT2D eigenvalue weighted by Gasteiger charge is 2.31. The van der Waals surface area contributed by atoms with E-state index < -0.39 is 30.1 Å². The summed E-state index contributed by atoms with van der Waals surface area (Å²) in [5.41, 5.74) is -0.218. The topological polar surface area (TPSA) is 108 Å². The van der Waals surface area contributed by atoms with Crippen molar-refractivity contribution in [2.75, 3.05) is 6.61 Å². The van der Waals surface area contributed by atoms with Gasteiger partial charge in [-0.25, -0.2) is 4.79 Å². The summed E-state index contributed by atoms with van der Waals surface area (Å²) in [6, 6.07) is 10.4. The first kappa shape index (κ1) is 23.2. The summed E-state index contributed by atoms with van der Waals surface area (Å²) < 4.78 is 5.07. The van der Waals surface area contributed by atoms with Crippen molar-refractivity contribution in [3.05, 3.63) is 35.9 Å². The van der Waals surface area contributed by atoms with Gasteiger partial charge in [0, 0.05) is 0 Å². The van der Waals surface area contributed by atoms with Gasteiger partial charge in [-0.1, -0.05) is 58.0 Å². The van der Waals surface area contributed by atoms with Crippen LogP contribution in [0, 0.1) is 23.2 Å². The van der Waals surface area contributed by atoms with Crippen LogP contribution in [0.25, 0.3) is 0 Å². The number of carbonyl (C=O) groups is 3. The number of rotatable bonds is 9. The molecule has 0 aromatic heterocycles. The summed E-state index contributed by atoms with van der Waals surface area (Å²) in [7, 11) is 0. The Balaban J connectivity index is 2.62. The van der Waals surface area contributed by atoms with Crippen molar-refractivity contribution in [1.82, 2.24) is 10.6 Å². The second-order valence-corrected chi connectivity index (χ2v) is 7.58. The van der Waals surface area contributed by atoms with E-state index in [2.05, 4.69) is 16.7 Å². The predicted molar refractivity (Wildman–Crippen MR) is 105 cm³/mol. The zero-order valence-corrected chi connectivity index (χ0v) is 17.1. The van der Waals surface area contributed by atoms with Crippen molar-refractivity contribution in [3.63, 3.8) is 0 Å². The summed E-state index contributed by atoms with van der Waals surface area (Å²) in [4.78, 5) is 36.7. The van der Waals surface area contributed by atoms with Crippen LogP contribution in [-0.2, 0) is 25.5 Å². The Labute approximate surface area is 166 Å². The maximum absolute atomic E-state index is 12.4. The molecule has 28 heavy (non-hydrogen) atoms. The number of nitrogens with zero attached hydrogens (tertiary/aromatic N) is 1. The lowest BCUT2D eigenvalue weighted by Crippen LogP contribution is -2.51. The van der Waals surface area contributed by atoms with Crippen LogP contribution in [0.1, 0.15) is 40.2 Å². The van der Waals surface area contributed by atoms with Gasteiger partial charge < -0.3 is 15.4 Å². The summed E-state index contributed by atoms with van der Waals surface area (Å²) >= 11 is 0. The van der Waals surface area contributed by atoms with Gasteiger partial charge in [0.2, 0.25) is 5.91 Å². The average molecular weight is 387 g/mol. The Morgan fingerprint density at radius 3 is 2.21 bits per heavy atom. The largest absolute Gasteiger partial charge is 0.454 e. The first-order chi connectivity index (χ1) is 13.1. The predicted octanol–water partition coefficient (Wildman–Crippen LogP) is 1.97. The molecule has 0 saturated carbocycles. The van der Waals surface area contributed by atoms with Crippen LogP contribution in [-0.4, -0.2) is 36.0 Å². The third-order valence-corrected chi connectivity index (χ3v) is 4.58. The zero-order valence-electron chi connectivity index (χ0n) is 17.1. The quantitative estimate of drug-likeness (QED) is 0.630. The maximum Gasteiger partial charge on any atom is 0.329 e. The van der Waals surface area contributed by atoms with Crippen LogP contribution in [0.5, 0.6) is 0 Å². The van der Waals surface area contributed by atoms with Gasteiger partial charge in [0.15, 0.2) is 6.61 Å². The van der Waals surface area contributed by atoms with Gasteiger partial charge in [0.05, 0.1) is 12.5 Å². The lowest BCUT2D eigenvalue weighted by atomic mass is 9.90. The van der Waals surface area contributed by atoms with Crippen molar-refractivity contribution >= 4 is 17.8 Å². The molecule has 0 aliphatic carbocycles. The second kappa shape index (κ2) is 10.5. The number of ether oxygens (including phenoxy) is 1. The lowest BCUT2D eigenvalue weighted by molar-refractivity contribution is -0.153. The highest BCUT2D eigenvalue weighted by Crippen LogP contribution is 2.15. The number of amides is 2. The Morgan fingerprint density at radius 2 is 1.71 bits per heavy atom. The summed E-state index contributed by atoms with van der Waals surface area (Å²) in [6.07, 6.45) is 0.146. The van der Waals surface area contributed by atoms with Gasteiger partial charge in [-0.15, -0.1) is 0 Å². The minimum absolute atomic E-state index is 0.113. The number of nitrogens with one attached hydrogen (secondary N) is 2. The van der Waals surface area contributed by atoms with Gasteiger partial charge in [-0.2, -0.15) is 5.26 Å². The third-order valence-electron chi connectivity index (χ3n) is 4.58. The molecule has 0 aliphatic heterocycles. The van der Waals surface area contributed by atoms with Crippen LogP contribution in [0.2, 0.25) is 0 Å². The molecule has 7 heteroatoms. The molecule has 2 amide bonds. The Hall–Kier alpha value is -2.88. The minimum atomic E-state index is -1.05. The molecule has 2 atom stereocenters. The van der Waals surface area contributed by atoms with Crippen LogP contribution in [0.4, 0.5) is 0 Å². The molecule has 0 aliphatic rings. The third kappa shape index (κ3) is 7.03. The Morgan fingerprint density at radius 1 is 1.11 bits per heavy atom. The summed E-state index contributed by atoms with van der Waals surface area (Å²) in [6.45, 7) is 8.28. The fourth-order valence-corrected chi connectivity index (χ4v) is 2.36. The monoisotopic (exact) mass is 387 g/mol. The van der Waals surface area contributed by atoms with Gasteiger partial charge >= 0.3 is 5.97 Å². The van der Waals surface area contributed by atoms with E-state index in [1.807, 2.05) is 44.2 Å². The fraction of sp³-hybridized carbons (Fsp3) is 0.524. The van der Waals surface area contributed by atoms with E-state index >= 15 is 0 Å². The average Bonchev–Trinajstić information content (AvgIpc) is 2.64. The number of carbonyl (C=O) groups excluding carboxylic acids is 3. The fourth-order valence-electron chi connectivity index (χ4n) is 2.36. The lowest BCUT2D eigenvalue weighted by Gasteiger charge is -2.27. The highest BCUT2D eigenvalue weighted by atomic mass is 16.5. The van der Waals surface area contributed by atoms with Crippen LogP contribution in [0.15, 0.2) is 30.3 Å². The molecule has 0 bridgehead atoms. The molecule has 1 rings (SSSR count). The van der Waals surface area contributed by atoms with E-state index in [4.69, 9.17) is 4.74 Å².